The Hall–Kier alpha value is -3.57. The lowest BCUT2D eigenvalue weighted by Gasteiger charge is -2.26. The number of ether oxygens (including phenoxy) is 1. The van der Waals surface area contributed by atoms with Crippen molar-refractivity contribution in [3.05, 3.63) is 78.0 Å². The van der Waals surface area contributed by atoms with E-state index in [1.807, 2.05) is 57.9 Å². The number of imidazole rings is 1. The second-order valence-electron chi connectivity index (χ2n) is 7.82. The zero-order chi connectivity index (χ0) is 21.9. The lowest BCUT2D eigenvalue weighted by Crippen LogP contribution is -2.31. The molecular formula is C25H23N5O2. The summed E-state index contributed by atoms with van der Waals surface area (Å²) in [5.41, 5.74) is 5.81. The fourth-order valence-electron chi connectivity index (χ4n) is 3.99. The fourth-order valence-corrected chi connectivity index (χ4v) is 3.99. The van der Waals surface area contributed by atoms with Gasteiger partial charge in [0.25, 0.3) is 0 Å². The van der Waals surface area contributed by atoms with Crippen LogP contribution >= 0.6 is 0 Å². The normalized spacial score (nSPS) is 15.9. The Labute approximate surface area is 186 Å². The molecule has 2 aromatic carbocycles. The maximum Gasteiger partial charge on any atom is 0.154 e. The van der Waals surface area contributed by atoms with Crippen LogP contribution in [0.1, 0.15) is 23.8 Å². The lowest BCUT2D eigenvalue weighted by atomic mass is 10.1. The summed E-state index contributed by atoms with van der Waals surface area (Å²) in [7, 11) is 0. The summed E-state index contributed by atoms with van der Waals surface area (Å²) < 4.78 is 7.30. The van der Waals surface area contributed by atoms with Crippen molar-refractivity contribution < 1.29 is 9.84 Å². The largest absolute Gasteiger partial charge is 0.380 e. The highest BCUT2D eigenvalue weighted by Gasteiger charge is 2.19. The molecule has 0 radical (unpaired) electrons. The van der Waals surface area contributed by atoms with Crippen LogP contribution in [0.5, 0.6) is 0 Å². The molecule has 1 N–H and O–H groups in total. The molecule has 1 fully saturated rings. The summed E-state index contributed by atoms with van der Waals surface area (Å²) in [6.45, 7) is 2.93. The van der Waals surface area contributed by atoms with Crippen LogP contribution in [0.25, 0.3) is 28.2 Å². The molecule has 32 heavy (non-hydrogen) atoms. The van der Waals surface area contributed by atoms with Gasteiger partial charge in [0.2, 0.25) is 0 Å². The Bertz CT molecular complexity index is 1250. The number of nitriles is 1. The van der Waals surface area contributed by atoms with E-state index in [1.165, 1.54) is 0 Å². The van der Waals surface area contributed by atoms with Crippen molar-refractivity contribution >= 4 is 5.65 Å². The quantitative estimate of drug-likeness (QED) is 0.537. The van der Waals surface area contributed by atoms with Crippen LogP contribution in [0.15, 0.2) is 66.9 Å². The van der Waals surface area contributed by atoms with Crippen molar-refractivity contribution in [2.75, 3.05) is 26.3 Å². The van der Waals surface area contributed by atoms with E-state index in [0.717, 1.165) is 59.8 Å². The first-order valence-electron chi connectivity index (χ1n) is 10.7. The van der Waals surface area contributed by atoms with Crippen molar-refractivity contribution in [1.82, 2.24) is 19.5 Å². The molecule has 1 saturated heterocycles. The molecule has 0 saturated carbocycles. The second kappa shape index (κ2) is 8.89. The van der Waals surface area contributed by atoms with E-state index >= 15 is 0 Å². The monoisotopic (exact) mass is 425 g/mol. The number of aliphatic hydroxyl groups excluding tert-OH is 1. The van der Waals surface area contributed by atoms with Crippen LogP contribution in [0, 0.1) is 11.3 Å². The minimum Gasteiger partial charge on any atom is -0.380 e. The van der Waals surface area contributed by atoms with Gasteiger partial charge in [-0.2, -0.15) is 10.4 Å². The zero-order valence-corrected chi connectivity index (χ0v) is 17.6. The van der Waals surface area contributed by atoms with Crippen LogP contribution in [0.4, 0.5) is 0 Å². The fraction of sp³-hybridized carbons (Fsp3) is 0.240. The van der Waals surface area contributed by atoms with Gasteiger partial charge in [-0.05, 0) is 36.2 Å². The third-order valence-corrected chi connectivity index (χ3v) is 5.78. The molecule has 5 rings (SSSR count). The first kappa shape index (κ1) is 20.3. The van der Waals surface area contributed by atoms with Crippen molar-refractivity contribution in [3.63, 3.8) is 0 Å². The summed E-state index contributed by atoms with van der Waals surface area (Å²) in [5.74, 6) is 0. The Morgan fingerprint density at radius 2 is 1.72 bits per heavy atom. The van der Waals surface area contributed by atoms with Gasteiger partial charge in [0.05, 0.1) is 35.8 Å². The van der Waals surface area contributed by atoms with Crippen LogP contribution in [-0.4, -0.2) is 50.9 Å². The highest BCUT2D eigenvalue weighted by atomic mass is 16.5. The number of nitrogens with zero attached hydrogens (tertiary/aromatic N) is 5. The number of benzene rings is 2. The molecule has 7 nitrogen and oxygen atoms in total. The van der Waals surface area contributed by atoms with Gasteiger partial charge >= 0.3 is 0 Å². The number of aliphatic hydroxyl groups is 1. The van der Waals surface area contributed by atoms with Crippen molar-refractivity contribution in [3.8, 4) is 28.6 Å². The molecule has 0 bridgehead atoms. The standard InChI is InChI=1S/C25H23N5O2/c26-16-18-2-4-20(5-3-18)23-17-27-24-11-10-22(28-30(23)24)19-6-8-21(9-7-19)25(31)29-12-1-14-32-15-13-29/h2-11,17,25,31H,1,12-15H2. The van der Waals surface area contributed by atoms with Crippen molar-refractivity contribution in [2.24, 2.45) is 0 Å². The maximum atomic E-state index is 10.8. The molecule has 1 aliphatic heterocycles. The van der Waals surface area contributed by atoms with Gasteiger partial charge in [-0.25, -0.2) is 9.50 Å². The van der Waals surface area contributed by atoms with Gasteiger partial charge in [-0.1, -0.05) is 36.4 Å². The van der Waals surface area contributed by atoms with Gasteiger partial charge < -0.3 is 9.84 Å². The second-order valence-corrected chi connectivity index (χ2v) is 7.82. The molecule has 2 aromatic heterocycles. The molecule has 7 heteroatoms. The third-order valence-electron chi connectivity index (χ3n) is 5.78. The van der Waals surface area contributed by atoms with Gasteiger partial charge in [0, 0.05) is 30.8 Å². The van der Waals surface area contributed by atoms with Crippen LogP contribution in [-0.2, 0) is 4.74 Å². The first-order valence-corrected chi connectivity index (χ1v) is 10.7. The number of fused-ring (bicyclic) bond motifs is 1. The van der Waals surface area contributed by atoms with Gasteiger partial charge in [0.1, 0.15) is 6.23 Å². The van der Waals surface area contributed by atoms with E-state index in [9.17, 15) is 5.11 Å². The van der Waals surface area contributed by atoms with Gasteiger partial charge in [-0.3, -0.25) is 4.90 Å². The van der Waals surface area contributed by atoms with Crippen molar-refractivity contribution in [2.45, 2.75) is 12.6 Å². The molecule has 1 atom stereocenters. The Kier molecular flexibility index (Phi) is 5.65. The minimum absolute atomic E-state index is 0.617. The third kappa shape index (κ3) is 3.99. The average molecular weight is 425 g/mol. The number of hydrogen-bond acceptors (Lipinski definition) is 6. The summed E-state index contributed by atoms with van der Waals surface area (Å²) in [6.07, 6.45) is 2.07. The van der Waals surface area contributed by atoms with E-state index in [2.05, 4.69) is 11.1 Å². The Balaban J connectivity index is 1.42. The van der Waals surface area contributed by atoms with Gasteiger partial charge in [-0.15, -0.1) is 0 Å². The number of hydrogen-bond donors (Lipinski definition) is 1. The maximum absolute atomic E-state index is 10.8. The summed E-state index contributed by atoms with van der Waals surface area (Å²) in [4.78, 5) is 6.50. The molecule has 1 aliphatic rings. The average Bonchev–Trinajstić information content (AvgIpc) is 3.08. The SMILES string of the molecule is N#Cc1ccc(-c2cnc3ccc(-c4ccc(C(O)N5CCCOCC5)cc4)nn23)cc1. The number of aromatic nitrogens is 3. The Morgan fingerprint density at radius 1 is 0.938 bits per heavy atom. The van der Waals surface area contributed by atoms with E-state index in [1.54, 1.807) is 18.3 Å². The van der Waals surface area contributed by atoms with E-state index in [4.69, 9.17) is 15.1 Å². The van der Waals surface area contributed by atoms with Crippen LogP contribution < -0.4 is 0 Å². The molecule has 1 unspecified atom stereocenters. The summed E-state index contributed by atoms with van der Waals surface area (Å²) in [5, 5.41) is 24.6. The van der Waals surface area contributed by atoms with Crippen LogP contribution in [0.3, 0.4) is 0 Å². The highest BCUT2D eigenvalue weighted by Crippen LogP contribution is 2.25. The van der Waals surface area contributed by atoms with E-state index in [0.29, 0.717) is 12.2 Å². The van der Waals surface area contributed by atoms with Crippen LogP contribution in [0.2, 0.25) is 0 Å². The molecule has 160 valence electrons. The predicted octanol–water partition coefficient (Wildman–Crippen LogP) is 3.65. The molecular weight excluding hydrogens is 402 g/mol. The lowest BCUT2D eigenvalue weighted by molar-refractivity contribution is 0.000553. The van der Waals surface area contributed by atoms with E-state index < -0.39 is 6.23 Å². The molecule has 0 aliphatic carbocycles. The summed E-state index contributed by atoms with van der Waals surface area (Å²) in [6, 6.07) is 21.3. The molecule has 4 aromatic rings. The molecule has 3 heterocycles. The van der Waals surface area contributed by atoms with E-state index in [-0.39, 0.29) is 0 Å². The predicted molar refractivity (Wildman–Crippen MR) is 121 cm³/mol. The summed E-state index contributed by atoms with van der Waals surface area (Å²) >= 11 is 0. The smallest absolute Gasteiger partial charge is 0.154 e. The van der Waals surface area contributed by atoms with Crippen molar-refractivity contribution in [1.29, 1.82) is 5.26 Å². The molecule has 0 spiro atoms. The van der Waals surface area contributed by atoms with Gasteiger partial charge in [0.15, 0.2) is 5.65 Å². The number of rotatable bonds is 4. The first-order chi connectivity index (χ1) is 15.7. The topological polar surface area (TPSA) is 86.7 Å². The zero-order valence-electron chi connectivity index (χ0n) is 17.6. The Morgan fingerprint density at radius 3 is 2.50 bits per heavy atom. The molecule has 0 amide bonds. The highest BCUT2D eigenvalue weighted by molar-refractivity contribution is 5.66. The minimum atomic E-state index is -0.641.